The summed E-state index contributed by atoms with van der Waals surface area (Å²) in [5.41, 5.74) is -0.923. The quantitative estimate of drug-likeness (QED) is 0.821. The van der Waals surface area contributed by atoms with Gasteiger partial charge in [-0.05, 0) is 44.7 Å². The van der Waals surface area contributed by atoms with Gasteiger partial charge in [0, 0.05) is 19.3 Å². The first kappa shape index (κ1) is 16.8. The van der Waals surface area contributed by atoms with E-state index in [0.29, 0.717) is 6.54 Å². The average molecular weight is 304 g/mol. The molecule has 7 heteroatoms. The molecule has 112 valence electrons. The van der Waals surface area contributed by atoms with Crippen LogP contribution < -0.4 is 0 Å². The lowest BCUT2D eigenvalue weighted by Crippen LogP contribution is -2.42. The highest BCUT2D eigenvalue weighted by Gasteiger charge is 2.25. The van der Waals surface area contributed by atoms with E-state index in [1.54, 1.807) is 20.8 Å². The minimum Gasteiger partial charge on any atom is -0.389 e. The fourth-order valence-electron chi connectivity index (χ4n) is 1.70. The molecule has 0 fully saturated rings. The number of hydrogen-bond acceptors (Lipinski definition) is 4. The van der Waals surface area contributed by atoms with Crippen molar-refractivity contribution in [2.75, 3.05) is 13.1 Å². The predicted molar refractivity (Wildman–Crippen MR) is 74.0 cm³/mol. The number of carbonyl (C=O) groups excluding carboxylic acids is 1. The molecular formula is C13H18F2N2O2S. The van der Waals surface area contributed by atoms with Crippen LogP contribution in [0.2, 0.25) is 0 Å². The molecule has 1 aromatic rings. The average Bonchev–Trinajstić information content (AvgIpc) is 2.34. The summed E-state index contributed by atoms with van der Waals surface area (Å²) in [6, 6.07) is 2.99. The molecule has 1 heterocycles. The summed E-state index contributed by atoms with van der Waals surface area (Å²) in [6.45, 7) is 5.43. The fraction of sp³-hybridized carbons (Fsp3) is 0.538. The molecule has 0 saturated heterocycles. The SMILES string of the molecule is CCN(CC(C)(C)O)C(=O)c1cccnc1SC(F)F. The van der Waals surface area contributed by atoms with Crippen LogP contribution in [0.5, 0.6) is 0 Å². The number of carbonyl (C=O) groups is 1. The lowest BCUT2D eigenvalue weighted by Gasteiger charge is -2.28. The molecule has 0 saturated carbocycles. The van der Waals surface area contributed by atoms with Gasteiger partial charge in [0.2, 0.25) is 0 Å². The zero-order valence-electron chi connectivity index (χ0n) is 11.6. The third kappa shape index (κ3) is 5.05. The second-order valence-electron chi connectivity index (χ2n) is 4.87. The highest BCUT2D eigenvalue weighted by atomic mass is 32.2. The number of halogens is 2. The van der Waals surface area contributed by atoms with Crippen LogP contribution in [0.3, 0.4) is 0 Å². The van der Waals surface area contributed by atoms with E-state index in [-0.39, 0.29) is 28.9 Å². The molecule has 1 rings (SSSR count). The first-order valence-electron chi connectivity index (χ1n) is 6.16. The van der Waals surface area contributed by atoms with Gasteiger partial charge in [0.15, 0.2) is 0 Å². The van der Waals surface area contributed by atoms with E-state index in [1.807, 2.05) is 0 Å². The maximum atomic E-state index is 12.5. The van der Waals surface area contributed by atoms with Crippen LogP contribution in [0.15, 0.2) is 23.4 Å². The molecule has 0 aliphatic rings. The van der Waals surface area contributed by atoms with Crippen molar-refractivity contribution < 1.29 is 18.7 Å². The molecule has 1 N–H and O–H groups in total. The first-order chi connectivity index (χ1) is 9.24. The zero-order chi connectivity index (χ0) is 15.3. The summed E-state index contributed by atoms with van der Waals surface area (Å²) >= 11 is 0.245. The van der Waals surface area contributed by atoms with E-state index < -0.39 is 17.3 Å². The normalized spacial score (nSPS) is 11.8. The Hall–Kier alpha value is -1.21. The number of likely N-dealkylation sites (N-methyl/N-ethyl adjacent to an activating group) is 1. The van der Waals surface area contributed by atoms with E-state index in [1.165, 1.54) is 23.2 Å². The van der Waals surface area contributed by atoms with Crippen molar-refractivity contribution in [1.82, 2.24) is 9.88 Å². The van der Waals surface area contributed by atoms with Crippen molar-refractivity contribution in [3.8, 4) is 0 Å². The van der Waals surface area contributed by atoms with E-state index in [4.69, 9.17) is 0 Å². The number of pyridine rings is 1. The lowest BCUT2D eigenvalue weighted by atomic mass is 10.1. The van der Waals surface area contributed by atoms with E-state index in [9.17, 15) is 18.7 Å². The van der Waals surface area contributed by atoms with E-state index in [2.05, 4.69) is 4.98 Å². The van der Waals surface area contributed by atoms with Crippen LogP contribution in [0.1, 0.15) is 31.1 Å². The highest BCUT2D eigenvalue weighted by Crippen LogP contribution is 2.27. The number of aliphatic hydroxyl groups is 1. The summed E-state index contributed by atoms with van der Waals surface area (Å²) in [5, 5.41) is 9.80. The Morgan fingerprint density at radius 2 is 2.20 bits per heavy atom. The summed E-state index contributed by atoms with van der Waals surface area (Å²) in [7, 11) is 0. The second kappa shape index (κ2) is 6.99. The predicted octanol–water partition coefficient (Wildman–Crippen LogP) is 2.63. The van der Waals surface area contributed by atoms with Gasteiger partial charge in [0.05, 0.1) is 11.2 Å². The first-order valence-corrected chi connectivity index (χ1v) is 7.04. The van der Waals surface area contributed by atoms with Crippen molar-refractivity contribution >= 4 is 17.7 Å². The van der Waals surface area contributed by atoms with Crippen molar-refractivity contribution in [3.05, 3.63) is 23.9 Å². The van der Waals surface area contributed by atoms with E-state index in [0.717, 1.165) is 0 Å². The second-order valence-corrected chi connectivity index (χ2v) is 5.85. The van der Waals surface area contributed by atoms with E-state index >= 15 is 0 Å². The minimum absolute atomic E-state index is 0.00157. The Labute approximate surface area is 121 Å². The largest absolute Gasteiger partial charge is 0.389 e. The fourth-order valence-corrected chi connectivity index (χ4v) is 2.27. The van der Waals surface area contributed by atoms with Gasteiger partial charge in [-0.25, -0.2) is 4.98 Å². The Bertz CT molecular complexity index is 464. The molecule has 0 atom stereocenters. The Morgan fingerprint density at radius 1 is 1.55 bits per heavy atom. The molecule has 0 radical (unpaired) electrons. The van der Waals surface area contributed by atoms with Gasteiger partial charge in [0.1, 0.15) is 5.03 Å². The third-order valence-electron chi connectivity index (χ3n) is 2.45. The number of rotatable bonds is 6. The molecule has 4 nitrogen and oxygen atoms in total. The number of thioether (sulfide) groups is 1. The van der Waals surface area contributed by atoms with Gasteiger partial charge in [0.25, 0.3) is 11.7 Å². The summed E-state index contributed by atoms with van der Waals surface area (Å²) in [6.07, 6.45) is 1.37. The maximum Gasteiger partial charge on any atom is 0.290 e. The molecule has 0 bridgehead atoms. The third-order valence-corrected chi connectivity index (χ3v) is 3.18. The van der Waals surface area contributed by atoms with Gasteiger partial charge in [-0.1, -0.05) is 0 Å². The van der Waals surface area contributed by atoms with Crippen LogP contribution >= 0.6 is 11.8 Å². The summed E-state index contributed by atoms with van der Waals surface area (Å²) in [5.74, 6) is -3.05. The summed E-state index contributed by atoms with van der Waals surface area (Å²) < 4.78 is 25.0. The minimum atomic E-state index is -2.64. The van der Waals surface area contributed by atoms with Crippen molar-refractivity contribution in [1.29, 1.82) is 0 Å². The van der Waals surface area contributed by atoms with Crippen LogP contribution in [0, 0.1) is 0 Å². The lowest BCUT2D eigenvalue weighted by molar-refractivity contribution is 0.0312. The molecule has 0 aliphatic heterocycles. The topological polar surface area (TPSA) is 53.4 Å². The maximum absolute atomic E-state index is 12.5. The monoisotopic (exact) mass is 304 g/mol. The van der Waals surface area contributed by atoms with Gasteiger partial charge in [-0.15, -0.1) is 0 Å². The molecule has 1 amide bonds. The Kier molecular flexibility index (Phi) is 5.88. The molecule has 0 aliphatic carbocycles. The molecule has 20 heavy (non-hydrogen) atoms. The molecule has 0 unspecified atom stereocenters. The number of nitrogens with zero attached hydrogens (tertiary/aromatic N) is 2. The standard InChI is InChI=1S/C13H18F2N2O2S/c1-4-17(8-13(2,3)19)11(18)9-6-5-7-16-10(9)20-12(14)15/h5-7,12,19H,4,8H2,1-3H3. The van der Waals surface area contributed by atoms with Crippen LogP contribution in [-0.4, -0.2) is 45.3 Å². The Morgan fingerprint density at radius 3 is 2.70 bits per heavy atom. The molecule has 1 aromatic heterocycles. The summed E-state index contributed by atoms with van der Waals surface area (Å²) in [4.78, 5) is 17.6. The van der Waals surface area contributed by atoms with Crippen molar-refractivity contribution in [2.24, 2.45) is 0 Å². The zero-order valence-corrected chi connectivity index (χ0v) is 12.5. The molecular weight excluding hydrogens is 286 g/mol. The smallest absolute Gasteiger partial charge is 0.290 e. The number of hydrogen-bond donors (Lipinski definition) is 1. The highest BCUT2D eigenvalue weighted by molar-refractivity contribution is 7.99. The van der Waals surface area contributed by atoms with Gasteiger partial charge in [-0.2, -0.15) is 8.78 Å². The number of alkyl halides is 2. The van der Waals surface area contributed by atoms with Gasteiger partial charge in [-0.3, -0.25) is 4.79 Å². The van der Waals surface area contributed by atoms with Gasteiger partial charge >= 0.3 is 0 Å². The van der Waals surface area contributed by atoms with Crippen molar-refractivity contribution in [3.63, 3.8) is 0 Å². The molecule has 0 aromatic carbocycles. The Balaban J connectivity index is 3.00. The van der Waals surface area contributed by atoms with Crippen molar-refractivity contribution in [2.45, 2.75) is 37.2 Å². The van der Waals surface area contributed by atoms with Crippen LogP contribution in [-0.2, 0) is 0 Å². The number of amides is 1. The number of aromatic nitrogens is 1. The molecule has 0 spiro atoms. The van der Waals surface area contributed by atoms with Crippen LogP contribution in [0.25, 0.3) is 0 Å². The van der Waals surface area contributed by atoms with Crippen LogP contribution in [0.4, 0.5) is 8.78 Å². The van der Waals surface area contributed by atoms with Gasteiger partial charge < -0.3 is 10.0 Å².